The molecule has 0 radical (unpaired) electrons. The smallest absolute Gasteiger partial charge is 0.146 e. The molecular weight excluding hydrogens is 251 g/mol. The van der Waals surface area contributed by atoms with Crippen molar-refractivity contribution < 1.29 is 4.39 Å². The third-order valence-corrected chi connectivity index (χ3v) is 2.95. The summed E-state index contributed by atoms with van der Waals surface area (Å²) in [6.45, 7) is 1.25. The Morgan fingerprint density at radius 1 is 1.22 bits per heavy atom. The zero-order valence-corrected chi connectivity index (χ0v) is 10.6. The molecule has 0 bridgehead atoms. The summed E-state index contributed by atoms with van der Waals surface area (Å²) in [5.74, 6) is -0.340. The van der Waals surface area contributed by atoms with Gasteiger partial charge in [-0.25, -0.2) is 4.39 Å². The highest BCUT2D eigenvalue weighted by atomic mass is 35.5. The molecule has 0 aliphatic heterocycles. The Morgan fingerprint density at radius 2 is 2.11 bits per heavy atom. The van der Waals surface area contributed by atoms with Crippen molar-refractivity contribution in [2.75, 3.05) is 6.54 Å². The number of halogens is 2. The Labute approximate surface area is 111 Å². The van der Waals surface area contributed by atoms with Gasteiger partial charge in [0.2, 0.25) is 0 Å². The Morgan fingerprint density at radius 3 is 2.89 bits per heavy atom. The molecule has 0 saturated heterocycles. The predicted molar refractivity (Wildman–Crippen MR) is 71.1 cm³/mol. The van der Waals surface area contributed by atoms with Gasteiger partial charge in [0.25, 0.3) is 0 Å². The summed E-state index contributed by atoms with van der Waals surface area (Å²) in [6, 6.07) is 8.97. The van der Waals surface area contributed by atoms with Crippen LogP contribution in [0.1, 0.15) is 11.1 Å². The summed E-state index contributed by atoms with van der Waals surface area (Å²) < 4.78 is 13.6. The highest BCUT2D eigenvalue weighted by molar-refractivity contribution is 6.30. The number of nitrogens with zero attached hydrogens (tertiary/aromatic N) is 1. The van der Waals surface area contributed by atoms with Gasteiger partial charge in [0.15, 0.2) is 0 Å². The van der Waals surface area contributed by atoms with E-state index < -0.39 is 0 Å². The number of aromatic nitrogens is 1. The minimum atomic E-state index is -0.340. The summed E-state index contributed by atoms with van der Waals surface area (Å²) in [6.07, 6.45) is 4.45. The van der Waals surface area contributed by atoms with Crippen LogP contribution in [0.4, 0.5) is 4.39 Å². The van der Waals surface area contributed by atoms with Gasteiger partial charge in [0.1, 0.15) is 5.82 Å². The Bertz CT molecular complexity index is 502. The molecule has 2 aromatic rings. The molecule has 2 nitrogen and oxygen atoms in total. The van der Waals surface area contributed by atoms with Gasteiger partial charge in [-0.3, -0.25) is 4.98 Å². The lowest BCUT2D eigenvalue weighted by atomic mass is 10.2. The Hall–Kier alpha value is -1.45. The first-order chi connectivity index (χ1) is 8.77. The van der Waals surface area contributed by atoms with Crippen LogP contribution in [0.15, 0.2) is 42.7 Å². The van der Waals surface area contributed by atoms with Gasteiger partial charge < -0.3 is 5.32 Å². The van der Waals surface area contributed by atoms with Crippen molar-refractivity contribution in [3.63, 3.8) is 0 Å². The number of pyridine rings is 1. The molecule has 0 aliphatic carbocycles. The molecule has 0 atom stereocenters. The molecule has 4 heteroatoms. The third kappa shape index (κ3) is 3.52. The average molecular weight is 265 g/mol. The second kappa shape index (κ2) is 6.47. The van der Waals surface area contributed by atoms with Crippen LogP contribution in [0.3, 0.4) is 0 Å². The van der Waals surface area contributed by atoms with Crippen LogP contribution in [-0.4, -0.2) is 11.5 Å². The Kier molecular flexibility index (Phi) is 4.67. The molecule has 2 rings (SSSR count). The van der Waals surface area contributed by atoms with Gasteiger partial charge in [0, 0.05) is 24.5 Å². The largest absolute Gasteiger partial charge is 0.312 e. The van der Waals surface area contributed by atoms with E-state index in [4.69, 9.17) is 11.6 Å². The maximum Gasteiger partial charge on any atom is 0.146 e. The van der Waals surface area contributed by atoms with Crippen LogP contribution in [0.25, 0.3) is 0 Å². The summed E-state index contributed by atoms with van der Waals surface area (Å²) in [5, 5.41) is 3.36. The topological polar surface area (TPSA) is 24.9 Å². The van der Waals surface area contributed by atoms with E-state index in [0.717, 1.165) is 18.5 Å². The van der Waals surface area contributed by atoms with E-state index in [2.05, 4.69) is 10.3 Å². The SMILES string of the molecule is Fc1c(Cl)cccc1CNCCc1cccnc1. The molecule has 0 fully saturated rings. The lowest BCUT2D eigenvalue weighted by Gasteiger charge is -2.06. The molecule has 18 heavy (non-hydrogen) atoms. The Balaban J connectivity index is 1.81. The maximum absolute atomic E-state index is 13.6. The second-order valence-electron chi connectivity index (χ2n) is 4.00. The molecular formula is C14H14ClFN2. The van der Waals surface area contributed by atoms with Gasteiger partial charge in [-0.15, -0.1) is 0 Å². The molecule has 94 valence electrons. The minimum absolute atomic E-state index is 0.168. The molecule has 1 aromatic heterocycles. The van der Waals surface area contributed by atoms with Gasteiger partial charge in [-0.1, -0.05) is 29.8 Å². The fourth-order valence-corrected chi connectivity index (χ4v) is 1.88. The van der Waals surface area contributed by atoms with Gasteiger partial charge in [0.05, 0.1) is 5.02 Å². The maximum atomic E-state index is 13.6. The first-order valence-corrected chi connectivity index (χ1v) is 6.17. The number of hydrogen-bond donors (Lipinski definition) is 1. The van der Waals surface area contributed by atoms with Gasteiger partial charge in [-0.2, -0.15) is 0 Å². The average Bonchev–Trinajstić information content (AvgIpc) is 2.40. The van der Waals surface area contributed by atoms with E-state index >= 15 is 0 Å². The zero-order chi connectivity index (χ0) is 12.8. The molecule has 0 spiro atoms. The number of benzene rings is 1. The fraction of sp³-hybridized carbons (Fsp3) is 0.214. The van der Waals surface area contributed by atoms with Crippen LogP contribution in [0, 0.1) is 5.82 Å². The van der Waals surface area contributed by atoms with Gasteiger partial charge >= 0.3 is 0 Å². The van der Waals surface area contributed by atoms with E-state index in [-0.39, 0.29) is 10.8 Å². The minimum Gasteiger partial charge on any atom is -0.312 e. The van der Waals surface area contributed by atoms with Crippen LogP contribution >= 0.6 is 11.6 Å². The van der Waals surface area contributed by atoms with Crippen molar-refractivity contribution in [3.8, 4) is 0 Å². The van der Waals surface area contributed by atoms with Crippen LogP contribution in [0.5, 0.6) is 0 Å². The van der Waals surface area contributed by atoms with Crippen molar-refractivity contribution in [3.05, 3.63) is 64.7 Å². The van der Waals surface area contributed by atoms with Crippen LogP contribution < -0.4 is 5.32 Å². The van der Waals surface area contributed by atoms with E-state index in [1.54, 1.807) is 24.4 Å². The number of rotatable bonds is 5. The fourth-order valence-electron chi connectivity index (χ4n) is 1.69. The van der Waals surface area contributed by atoms with Crippen LogP contribution in [0.2, 0.25) is 5.02 Å². The summed E-state index contributed by atoms with van der Waals surface area (Å²) in [7, 11) is 0. The molecule has 1 N–H and O–H groups in total. The molecule has 0 unspecified atom stereocenters. The van der Waals surface area contributed by atoms with Gasteiger partial charge in [-0.05, 0) is 30.7 Å². The molecule has 0 saturated carbocycles. The van der Waals surface area contributed by atoms with Crippen molar-refractivity contribution in [1.82, 2.24) is 10.3 Å². The van der Waals surface area contributed by atoms with E-state index in [9.17, 15) is 4.39 Å². The molecule has 1 heterocycles. The van der Waals surface area contributed by atoms with E-state index in [0.29, 0.717) is 12.1 Å². The zero-order valence-electron chi connectivity index (χ0n) is 9.87. The summed E-state index contributed by atoms with van der Waals surface area (Å²) in [4.78, 5) is 4.04. The van der Waals surface area contributed by atoms with Crippen molar-refractivity contribution >= 4 is 11.6 Å². The normalized spacial score (nSPS) is 10.6. The molecule has 0 aliphatic rings. The van der Waals surface area contributed by atoms with E-state index in [1.165, 1.54) is 0 Å². The summed E-state index contributed by atoms with van der Waals surface area (Å²) >= 11 is 5.71. The quantitative estimate of drug-likeness (QED) is 0.839. The monoisotopic (exact) mass is 264 g/mol. The molecule has 1 aromatic carbocycles. The first-order valence-electron chi connectivity index (χ1n) is 5.80. The molecule has 0 amide bonds. The lowest BCUT2D eigenvalue weighted by molar-refractivity contribution is 0.588. The summed E-state index contributed by atoms with van der Waals surface area (Å²) in [5.41, 5.74) is 1.75. The van der Waals surface area contributed by atoms with Crippen LogP contribution in [-0.2, 0) is 13.0 Å². The van der Waals surface area contributed by atoms with Crippen molar-refractivity contribution in [2.45, 2.75) is 13.0 Å². The van der Waals surface area contributed by atoms with Crippen molar-refractivity contribution in [1.29, 1.82) is 0 Å². The predicted octanol–water partition coefficient (Wildman–Crippen LogP) is 3.21. The highest BCUT2D eigenvalue weighted by Crippen LogP contribution is 2.17. The third-order valence-electron chi connectivity index (χ3n) is 2.66. The second-order valence-corrected chi connectivity index (χ2v) is 4.41. The number of nitrogens with one attached hydrogen (secondary N) is 1. The lowest BCUT2D eigenvalue weighted by Crippen LogP contribution is -2.17. The number of hydrogen-bond acceptors (Lipinski definition) is 2. The van der Waals surface area contributed by atoms with Crippen molar-refractivity contribution in [2.24, 2.45) is 0 Å². The standard InChI is InChI=1S/C14H14ClFN2/c15-13-5-1-4-12(14(13)16)10-18-8-6-11-3-2-7-17-9-11/h1-5,7,9,18H,6,8,10H2. The highest BCUT2D eigenvalue weighted by Gasteiger charge is 2.04. The first kappa shape index (κ1) is 13.0. The van der Waals surface area contributed by atoms with E-state index in [1.807, 2.05) is 18.3 Å².